The molecule has 2 rings (SSSR count). The molecule has 1 heterocycles. The smallest absolute Gasteiger partial charge is 0.341 e. The van der Waals surface area contributed by atoms with Gasteiger partial charge in [0.05, 0.1) is 17.0 Å². The minimum atomic E-state index is -0.853. The molecule has 1 aromatic heterocycles. The number of hydrogen-bond donors (Lipinski definition) is 1. The summed E-state index contributed by atoms with van der Waals surface area (Å²) in [5.74, 6) is -0.697. The molecule has 1 atom stereocenters. The lowest BCUT2D eigenvalue weighted by atomic mass is 10.1. The molecular formula is C23H29ClN2O5S. The first-order valence-corrected chi connectivity index (χ1v) is 11.7. The number of nitrogens with zero attached hydrogens (tertiary/aromatic N) is 1. The lowest BCUT2D eigenvalue weighted by molar-refractivity contribution is -0.122. The molecule has 0 fully saturated rings. The van der Waals surface area contributed by atoms with Crippen LogP contribution in [-0.4, -0.2) is 48.5 Å². The molecule has 9 heteroatoms. The Hall–Kier alpha value is -2.58. The highest BCUT2D eigenvalue weighted by atomic mass is 35.5. The Bertz CT molecular complexity index is 1000. The summed E-state index contributed by atoms with van der Waals surface area (Å²) in [6, 6.07) is 5.12. The summed E-state index contributed by atoms with van der Waals surface area (Å²) in [7, 11) is 0. The van der Waals surface area contributed by atoms with Crippen molar-refractivity contribution in [2.45, 2.75) is 47.6 Å². The number of esters is 1. The number of thiophene rings is 1. The van der Waals surface area contributed by atoms with E-state index < -0.39 is 18.0 Å². The molecular weight excluding hydrogens is 452 g/mol. The van der Waals surface area contributed by atoms with Crippen LogP contribution in [-0.2, 0) is 9.53 Å². The lowest BCUT2D eigenvalue weighted by Crippen LogP contribution is -2.30. The molecule has 0 radical (unpaired) electrons. The topological polar surface area (TPSA) is 84.9 Å². The van der Waals surface area contributed by atoms with Gasteiger partial charge in [0.25, 0.3) is 11.8 Å². The van der Waals surface area contributed by atoms with Crippen LogP contribution in [0.25, 0.3) is 0 Å². The van der Waals surface area contributed by atoms with E-state index in [4.69, 9.17) is 21.1 Å². The summed E-state index contributed by atoms with van der Waals surface area (Å²) in [4.78, 5) is 40.5. The highest BCUT2D eigenvalue weighted by molar-refractivity contribution is 7.18. The third-order valence-electron chi connectivity index (χ3n) is 4.92. The van der Waals surface area contributed by atoms with Crippen molar-refractivity contribution in [2.24, 2.45) is 0 Å². The molecule has 0 bridgehead atoms. The van der Waals surface area contributed by atoms with E-state index in [-0.39, 0.29) is 23.1 Å². The number of hydrogen-bond acceptors (Lipinski definition) is 6. The Labute approximate surface area is 197 Å². The minimum absolute atomic E-state index is 0.177. The molecule has 2 amide bonds. The van der Waals surface area contributed by atoms with Gasteiger partial charge in [-0.2, -0.15) is 0 Å². The largest absolute Gasteiger partial charge is 0.481 e. The Morgan fingerprint density at radius 2 is 1.81 bits per heavy atom. The van der Waals surface area contributed by atoms with Crippen LogP contribution in [0.1, 0.15) is 58.9 Å². The van der Waals surface area contributed by atoms with Crippen LogP contribution in [0, 0.1) is 13.8 Å². The zero-order valence-electron chi connectivity index (χ0n) is 19.2. The zero-order chi connectivity index (χ0) is 24.0. The SMILES string of the molecule is CCOC(=O)c1c(NC(=O)[C@H](C)Oc2ccc(Cl)cc2C)sc(C(=O)N(CC)CC)c1C. The summed E-state index contributed by atoms with van der Waals surface area (Å²) in [5.41, 5.74) is 1.47. The van der Waals surface area contributed by atoms with Gasteiger partial charge in [-0.15, -0.1) is 11.3 Å². The standard InChI is InChI=1S/C23H29ClN2O5S/c1-7-26(8-2)22(28)19-14(5)18(23(29)30-9-3)21(32-19)25-20(27)15(6)31-17-11-10-16(24)12-13(17)4/h10-12,15H,7-9H2,1-6H3,(H,25,27)/t15-/m0/s1. The second-order valence-corrected chi connectivity index (χ2v) is 8.57. The molecule has 0 saturated carbocycles. The number of nitrogens with one attached hydrogen (secondary N) is 1. The number of rotatable bonds is 9. The number of carbonyl (C=O) groups excluding carboxylic acids is 3. The van der Waals surface area contributed by atoms with Gasteiger partial charge in [0.2, 0.25) is 0 Å². The van der Waals surface area contributed by atoms with Gasteiger partial charge < -0.3 is 19.7 Å². The number of benzene rings is 1. The Morgan fingerprint density at radius 1 is 1.16 bits per heavy atom. The summed E-state index contributed by atoms with van der Waals surface area (Å²) < 4.78 is 11.0. The third-order valence-corrected chi connectivity index (χ3v) is 6.35. The third kappa shape index (κ3) is 5.81. The minimum Gasteiger partial charge on any atom is -0.481 e. The van der Waals surface area contributed by atoms with E-state index in [2.05, 4.69) is 5.32 Å². The van der Waals surface area contributed by atoms with Gasteiger partial charge in [0.15, 0.2) is 6.10 Å². The second-order valence-electron chi connectivity index (χ2n) is 7.12. The van der Waals surface area contributed by atoms with Crippen LogP contribution < -0.4 is 10.1 Å². The van der Waals surface area contributed by atoms with Crippen LogP contribution in [0.5, 0.6) is 5.75 Å². The Kier molecular flexibility index (Phi) is 9.09. The van der Waals surface area contributed by atoms with E-state index in [1.807, 2.05) is 20.8 Å². The van der Waals surface area contributed by atoms with Crippen LogP contribution in [0.15, 0.2) is 18.2 Å². The number of ether oxygens (including phenoxy) is 2. The van der Waals surface area contributed by atoms with Crippen molar-refractivity contribution in [1.82, 2.24) is 4.90 Å². The molecule has 7 nitrogen and oxygen atoms in total. The monoisotopic (exact) mass is 480 g/mol. The predicted molar refractivity (Wildman–Crippen MR) is 127 cm³/mol. The quantitative estimate of drug-likeness (QED) is 0.505. The zero-order valence-corrected chi connectivity index (χ0v) is 20.8. The number of anilines is 1. The van der Waals surface area contributed by atoms with E-state index in [1.165, 1.54) is 0 Å². The van der Waals surface area contributed by atoms with Crippen molar-refractivity contribution in [3.63, 3.8) is 0 Å². The first-order chi connectivity index (χ1) is 15.1. The maximum absolute atomic E-state index is 12.9. The molecule has 32 heavy (non-hydrogen) atoms. The van der Waals surface area contributed by atoms with Gasteiger partial charge >= 0.3 is 5.97 Å². The highest BCUT2D eigenvalue weighted by Crippen LogP contribution is 2.35. The number of halogens is 1. The molecule has 2 aromatic rings. The van der Waals surface area contributed by atoms with Crippen molar-refractivity contribution in [1.29, 1.82) is 0 Å². The van der Waals surface area contributed by atoms with Gasteiger partial charge in [-0.05, 0) is 70.9 Å². The molecule has 0 saturated heterocycles. The molecule has 0 unspecified atom stereocenters. The normalized spacial score (nSPS) is 11.6. The number of aryl methyl sites for hydroxylation is 1. The van der Waals surface area contributed by atoms with Crippen LogP contribution in [0.4, 0.5) is 5.00 Å². The van der Waals surface area contributed by atoms with Crippen molar-refractivity contribution in [3.05, 3.63) is 44.8 Å². The summed E-state index contributed by atoms with van der Waals surface area (Å²) in [6.45, 7) is 11.8. The highest BCUT2D eigenvalue weighted by Gasteiger charge is 2.29. The molecule has 0 spiro atoms. The van der Waals surface area contributed by atoms with Crippen molar-refractivity contribution in [2.75, 3.05) is 25.0 Å². The maximum Gasteiger partial charge on any atom is 0.341 e. The van der Waals surface area contributed by atoms with E-state index in [0.29, 0.717) is 34.3 Å². The average molecular weight is 481 g/mol. The van der Waals surface area contributed by atoms with Gasteiger partial charge in [0.1, 0.15) is 10.8 Å². The summed E-state index contributed by atoms with van der Waals surface area (Å²) in [6.07, 6.45) is -0.853. The van der Waals surface area contributed by atoms with Crippen LogP contribution >= 0.6 is 22.9 Å². The molecule has 1 aromatic carbocycles. The lowest BCUT2D eigenvalue weighted by Gasteiger charge is -2.18. The van der Waals surface area contributed by atoms with Crippen molar-refractivity contribution in [3.8, 4) is 5.75 Å². The van der Waals surface area contributed by atoms with Gasteiger partial charge in [-0.3, -0.25) is 9.59 Å². The summed E-state index contributed by atoms with van der Waals surface area (Å²) in [5, 5.41) is 3.59. The second kappa shape index (κ2) is 11.3. The Balaban J connectivity index is 2.33. The summed E-state index contributed by atoms with van der Waals surface area (Å²) >= 11 is 7.04. The Morgan fingerprint density at radius 3 is 2.38 bits per heavy atom. The molecule has 0 aliphatic carbocycles. The van der Waals surface area contributed by atoms with Crippen molar-refractivity contribution < 1.29 is 23.9 Å². The van der Waals surface area contributed by atoms with Gasteiger partial charge in [0, 0.05) is 18.1 Å². The molecule has 0 aliphatic heterocycles. The predicted octanol–water partition coefficient (Wildman–Crippen LogP) is 5.08. The average Bonchev–Trinajstić information content (AvgIpc) is 3.06. The van der Waals surface area contributed by atoms with E-state index >= 15 is 0 Å². The maximum atomic E-state index is 12.9. The molecule has 174 valence electrons. The van der Waals surface area contributed by atoms with E-state index in [9.17, 15) is 14.4 Å². The van der Waals surface area contributed by atoms with Crippen LogP contribution in [0.3, 0.4) is 0 Å². The van der Waals surface area contributed by atoms with E-state index in [0.717, 1.165) is 16.9 Å². The molecule has 0 aliphatic rings. The number of carbonyl (C=O) groups is 3. The first kappa shape index (κ1) is 25.7. The fourth-order valence-corrected chi connectivity index (χ4v) is 4.50. The van der Waals surface area contributed by atoms with Crippen molar-refractivity contribution >= 4 is 45.7 Å². The fraction of sp³-hybridized carbons (Fsp3) is 0.435. The fourth-order valence-electron chi connectivity index (χ4n) is 3.11. The van der Waals surface area contributed by atoms with Crippen LogP contribution in [0.2, 0.25) is 5.02 Å². The van der Waals surface area contributed by atoms with Gasteiger partial charge in [-0.1, -0.05) is 11.6 Å². The van der Waals surface area contributed by atoms with E-state index in [1.54, 1.807) is 43.9 Å². The van der Waals surface area contributed by atoms with Gasteiger partial charge in [-0.25, -0.2) is 4.79 Å². The number of amides is 2. The first-order valence-electron chi connectivity index (χ1n) is 10.5. The molecule has 1 N–H and O–H groups in total.